The average Bonchev–Trinajstić information content (AvgIpc) is 3.00. The molecule has 1 saturated heterocycles. The predicted octanol–water partition coefficient (Wildman–Crippen LogP) is 3.42. The Morgan fingerprint density at radius 1 is 1.13 bits per heavy atom. The van der Waals surface area contributed by atoms with Crippen molar-refractivity contribution in [2.75, 3.05) is 24.7 Å². The Labute approximate surface area is 134 Å². The van der Waals surface area contributed by atoms with Crippen LogP contribution in [-0.4, -0.2) is 29.7 Å². The van der Waals surface area contributed by atoms with Crippen LogP contribution in [0.15, 0.2) is 41.1 Å². The minimum atomic E-state index is 0.0380. The summed E-state index contributed by atoms with van der Waals surface area (Å²) in [6.45, 7) is 6.12. The van der Waals surface area contributed by atoms with Crippen molar-refractivity contribution in [3.8, 4) is 0 Å². The van der Waals surface area contributed by atoms with Crippen molar-refractivity contribution in [3.63, 3.8) is 0 Å². The lowest BCUT2D eigenvalue weighted by Gasteiger charge is -2.35. The smallest absolute Gasteiger partial charge is 0.140 e. The Kier molecular flexibility index (Phi) is 3.50. The topological polar surface area (TPSA) is 51.4 Å². The molecule has 2 aromatic heterocycles. The molecule has 3 heterocycles. The number of morpholine rings is 1. The van der Waals surface area contributed by atoms with E-state index in [0.29, 0.717) is 13.2 Å². The molecule has 1 aliphatic heterocycles. The monoisotopic (exact) mass is 309 g/mol. The summed E-state index contributed by atoms with van der Waals surface area (Å²) < 4.78 is 11.5. The second-order valence-electron chi connectivity index (χ2n) is 5.95. The number of furan rings is 1. The molecule has 0 aliphatic carbocycles. The van der Waals surface area contributed by atoms with E-state index in [1.807, 2.05) is 25.1 Å². The molecule has 1 aliphatic rings. The summed E-state index contributed by atoms with van der Waals surface area (Å²) in [5.41, 5.74) is 2.16. The van der Waals surface area contributed by atoms with Crippen molar-refractivity contribution < 1.29 is 9.15 Å². The first-order valence-corrected chi connectivity index (χ1v) is 7.84. The van der Waals surface area contributed by atoms with E-state index in [4.69, 9.17) is 9.15 Å². The fraction of sp³-hybridized carbons (Fsp3) is 0.333. The van der Waals surface area contributed by atoms with E-state index in [0.717, 1.165) is 34.8 Å². The van der Waals surface area contributed by atoms with Gasteiger partial charge in [0.15, 0.2) is 0 Å². The molecule has 0 bridgehead atoms. The maximum absolute atomic E-state index is 5.85. The SMILES string of the molecule is Cc1ccc2ncnc(N3CCOCC3c3ccc(C)o3)c2c1. The highest BCUT2D eigenvalue weighted by Gasteiger charge is 2.29. The summed E-state index contributed by atoms with van der Waals surface area (Å²) in [6, 6.07) is 10.3. The molecule has 0 radical (unpaired) electrons. The van der Waals surface area contributed by atoms with E-state index in [9.17, 15) is 0 Å². The lowest BCUT2D eigenvalue weighted by atomic mass is 10.1. The van der Waals surface area contributed by atoms with Gasteiger partial charge < -0.3 is 14.1 Å². The van der Waals surface area contributed by atoms with Crippen LogP contribution in [0.5, 0.6) is 0 Å². The molecular weight excluding hydrogens is 290 g/mol. The number of aryl methyl sites for hydroxylation is 2. The molecule has 0 N–H and O–H groups in total. The normalized spacial score (nSPS) is 18.5. The molecule has 4 rings (SSSR count). The Morgan fingerprint density at radius 3 is 2.87 bits per heavy atom. The molecule has 0 amide bonds. The number of hydrogen-bond acceptors (Lipinski definition) is 5. The lowest BCUT2D eigenvalue weighted by molar-refractivity contribution is 0.0871. The second kappa shape index (κ2) is 5.66. The van der Waals surface area contributed by atoms with Crippen molar-refractivity contribution in [2.24, 2.45) is 0 Å². The van der Waals surface area contributed by atoms with Gasteiger partial charge in [-0.15, -0.1) is 0 Å². The van der Waals surface area contributed by atoms with E-state index in [1.54, 1.807) is 6.33 Å². The van der Waals surface area contributed by atoms with Gasteiger partial charge in [-0.05, 0) is 38.1 Å². The Hall–Kier alpha value is -2.40. The number of nitrogens with zero attached hydrogens (tertiary/aromatic N) is 3. The van der Waals surface area contributed by atoms with Crippen molar-refractivity contribution >= 4 is 16.7 Å². The molecule has 1 aromatic carbocycles. The molecule has 5 heteroatoms. The van der Waals surface area contributed by atoms with Gasteiger partial charge in [0, 0.05) is 11.9 Å². The van der Waals surface area contributed by atoms with E-state index in [1.165, 1.54) is 5.56 Å². The lowest BCUT2D eigenvalue weighted by Crippen LogP contribution is -2.40. The summed E-state index contributed by atoms with van der Waals surface area (Å²) in [7, 11) is 0. The fourth-order valence-corrected chi connectivity index (χ4v) is 3.11. The standard InChI is InChI=1S/C18H19N3O2/c1-12-3-5-15-14(9-12)18(20-11-19-15)21-7-8-22-10-16(21)17-6-4-13(2)23-17/h3-6,9,11,16H,7-8,10H2,1-2H3. The van der Waals surface area contributed by atoms with Crippen LogP contribution in [0.2, 0.25) is 0 Å². The summed E-state index contributed by atoms with van der Waals surface area (Å²) in [4.78, 5) is 11.2. The van der Waals surface area contributed by atoms with Crippen LogP contribution in [0.3, 0.4) is 0 Å². The molecule has 118 valence electrons. The minimum absolute atomic E-state index is 0.0380. The highest BCUT2D eigenvalue weighted by Crippen LogP contribution is 2.33. The van der Waals surface area contributed by atoms with Gasteiger partial charge in [-0.25, -0.2) is 9.97 Å². The molecule has 1 fully saturated rings. The number of anilines is 1. The Balaban J connectivity index is 1.82. The molecule has 3 aromatic rings. The van der Waals surface area contributed by atoms with E-state index < -0.39 is 0 Å². The highest BCUT2D eigenvalue weighted by molar-refractivity contribution is 5.90. The van der Waals surface area contributed by atoms with Crippen LogP contribution < -0.4 is 4.90 Å². The summed E-state index contributed by atoms with van der Waals surface area (Å²) in [6.07, 6.45) is 1.63. The van der Waals surface area contributed by atoms with Crippen LogP contribution in [-0.2, 0) is 4.74 Å². The quantitative estimate of drug-likeness (QED) is 0.726. The van der Waals surface area contributed by atoms with E-state index in [-0.39, 0.29) is 6.04 Å². The van der Waals surface area contributed by atoms with Crippen LogP contribution >= 0.6 is 0 Å². The zero-order valence-corrected chi connectivity index (χ0v) is 13.3. The van der Waals surface area contributed by atoms with Gasteiger partial charge in [-0.3, -0.25) is 0 Å². The van der Waals surface area contributed by atoms with Gasteiger partial charge in [0.1, 0.15) is 29.7 Å². The maximum Gasteiger partial charge on any atom is 0.140 e. The highest BCUT2D eigenvalue weighted by atomic mass is 16.5. The maximum atomic E-state index is 5.85. The number of benzene rings is 1. The number of ether oxygens (including phenoxy) is 1. The zero-order chi connectivity index (χ0) is 15.8. The molecule has 23 heavy (non-hydrogen) atoms. The van der Waals surface area contributed by atoms with Gasteiger partial charge in [0.05, 0.1) is 18.7 Å². The van der Waals surface area contributed by atoms with Crippen LogP contribution in [0, 0.1) is 13.8 Å². The third-order valence-corrected chi connectivity index (χ3v) is 4.26. The van der Waals surface area contributed by atoms with Crippen molar-refractivity contribution in [1.82, 2.24) is 9.97 Å². The van der Waals surface area contributed by atoms with E-state index in [2.05, 4.69) is 33.9 Å². The average molecular weight is 309 g/mol. The first kappa shape index (κ1) is 14.2. The third kappa shape index (κ3) is 2.57. The summed E-state index contributed by atoms with van der Waals surface area (Å²) in [5.74, 6) is 2.77. The van der Waals surface area contributed by atoms with Crippen molar-refractivity contribution in [2.45, 2.75) is 19.9 Å². The molecule has 1 unspecified atom stereocenters. The first-order chi connectivity index (χ1) is 11.2. The molecule has 1 atom stereocenters. The first-order valence-electron chi connectivity index (χ1n) is 7.84. The number of hydrogen-bond donors (Lipinski definition) is 0. The largest absolute Gasteiger partial charge is 0.464 e. The molecule has 0 spiro atoms. The number of fused-ring (bicyclic) bond motifs is 1. The summed E-state index contributed by atoms with van der Waals surface area (Å²) in [5, 5.41) is 1.07. The third-order valence-electron chi connectivity index (χ3n) is 4.26. The van der Waals surface area contributed by atoms with Gasteiger partial charge in [-0.1, -0.05) is 11.6 Å². The van der Waals surface area contributed by atoms with Crippen LogP contribution in [0.4, 0.5) is 5.82 Å². The van der Waals surface area contributed by atoms with Gasteiger partial charge in [0.25, 0.3) is 0 Å². The Bertz CT molecular complexity index is 843. The van der Waals surface area contributed by atoms with Gasteiger partial charge in [0.2, 0.25) is 0 Å². The number of rotatable bonds is 2. The van der Waals surface area contributed by atoms with Crippen molar-refractivity contribution in [3.05, 3.63) is 53.7 Å². The second-order valence-corrected chi connectivity index (χ2v) is 5.95. The van der Waals surface area contributed by atoms with Gasteiger partial charge >= 0.3 is 0 Å². The van der Waals surface area contributed by atoms with E-state index >= 15 is 0 Å². The van der Waals surface area contributed by atoms with Crippen molar-refractivity contribution in [1.29, 1.82) is 0 Å². The number of aromatic nitrogens is 2. The molecular formula is C18H19N3O2. The molecule has 0 saturated carbocycles. The van der Waals surface area contributed by atoms with Gasteiger partial charge in [-0.2, -0.15) is 0 Å². The predicted molar refractivity (Wildman–Crippen MR) is 88.6 cm³/mol. The minimum Gasteiger partial charge on any atom is -0.464 e. The van der Waals surface area contributed by atoms with Crippen LogP contribution in [0.1, 0.15) is 23.1 Å². The summed E-state index contributed by atoms with van der Waals surface area (Å²) >= 11 is 0. The Morgan fingerprint density at radius 2 is 2.04 bits per heavy atom. The van der Waals surface area contributed by atoms with Crippen LogP contribution in [0.25, 0.3) is 10.9 Å². The molecule has 5 nitrogen and oxygen atoms in total. The fourth-order valence-electron chi connectivity index (χ4n) is 3.11. The zero-order valence-electron chi connectivity index (χ0n) is 13.3.